The van der Waals surface area contributed by atoms with Gasteiger partial charge in [-0.15, -0.1) is 5.10 Å². The Bertz CT molecular complexity index is 754. The minimum Gasteiger partial charge on any atom is -0.213 e. The largest absolute Gasteiger partial charge is 0.213 e. The Balaban J connectivity index is 2.19. The minimum absolute atomic E-state index is 0.913. The van der Waals surface area contributed by atoms with Crippen LogP contribution in [-0.4, -0.2) is 15.0 Å². The smallest absolute Gasteiger partial charge is 0.113 e. The summed E-state index contributed by atoms with van der Waals surface area (Å²) in [4.78, 5) is 0. The zero-order chi connectivity index (χ0) is 13.2. The van der Waals surface area contributed by atoms with Crippen LogP contribution in [0.15, 0.2) is 48.5 Å². The molecule has 19 heavy (non-hydrogen) atoms. The van der Waals surface area contributed by atoms with Crippen LogP contribution in [0.4, 0.5) is 0 Å². The highest BCUT2D eigenvalue weighted by molar-refractivity contribution is 5.76. The van der Waals surface area contributed by atoms with Crippen LogP contribution in [0.2, 0.25) is 0 Å². The molecule has 0 spiro atoms. The predicted octanol–water partition coefficient (Wildman–Crippen LogP) is 3.76. The van der Waals surface area contributed by atoms with Crippen molar-refractivity contribution < 1.29 is 0 Å². The molecule has 1 heterocycles. The summed E-state index contributed by atoms with van der Waals surface area (Å²) in [6, 6.07) is 14.3. The lowest BCUT2D eigenvalue weighted by Crippen LogP contribution is -1.97. The van der Waals surface area contributed by atoms with Crippen molar-refractivity contribution in [2.45, 2.75) is 13.8 Å². The van der Waals surface area contributed by atoms with Crippen LogP contribution in [-0.2, 0) is 0 Å². The van der Waals surface area contributed by atoms with Crippen molar-refractivity contribution in [1.29, 1.82) is 0 Å². The van der Waals surface area contributed by atoms with Crippen molar-refractivity contribution in [3.63, 3.8) is 0 Å². The van der Waals surface area contributed by atoms with Gasteiger partial charge in [-0.05, 0) is 49.2 Å². The summed E-state index contributed by atoms with van der Waals surface area (Å²) in [5.74, 6) is 0. The standard InChI is InChI=1S/C16H15N3/c1-3-6-13-11-14(10-9-12(13)2)19-16-8-5-4-7-15(16)17-18-19/h3-11H,1-2H3/b6-3-. The topological polar surface area (TPSA) is 30.7 Å². The molecule has 3 aromatic rings. The summed E-state index contributed by atoms with van der Waals surface area (Å²) in [6.07, 6.45) is 4.16. The second-order valence-corrected chi connectivity index (χ2v) is 4.53. The molecule has 0 N–H and O–H groups in total. The number of benzene rings is 2. The molecule has 0 bridgehead atoms. The van der Waals surface area contributed by atoms with Crippen LogP contribution in [0.25, 0.3) is 22.8 Å². The van der Waals surface area contributed by atoms with Gasteiger partial charge in [-0.25, -0.2) is 4.68 Å². The molecule has 3 heteroatoms. The van der Waals surface area contributed by atoms with Crippen molar-refractivity contribution >= 4 is 17.1 Å². The van der Waals surface area contributed by atoms with Gasteiger partial charge in [-0.1, -0.05) is 35.6 Å². The van der Waals surface area contributed by atoms with E-state index in [9.17, 15) is 0 Å². The van der Waals surface area contributed by atoms with Gasteiger partial charge in [-0.2, -0.15) is 0 Å². The van der Waals surface area contributed by atoms with Crippen molar-refractivity contribution in [1.82, 2.24) is 15.0 Å². The van der Waals surface area contributed by atoms with Crippen LogP contribution in [0, 0.1) is 6.92 Å². The van der Waals surface area contributed by atoms with Gasteiger partial charge < -0.3 is 0 Å². The summed E-state index contributed by atoms with van der Waals surface area (Å²) >= 11 is 0. The molecule has 94 valence electrons. The first kappa shape index (κ1) is 11.7. The number of para-hydroxylation sites is 1. The number of aromatic nitrogens is 3. The van der Waals surface area contributed by atoms with Gasteiger partial charge >= 0.3 is 0 Å². The second kappa shape index (κ2) is 4.69. The molecule has 2 aromatic carbocycles. The fourth-order valence-electron chi connectivity index (χ4n) is 2.18. The maximum atomic E-state index is 4.24. The highest BCUT2D eigenvalue weighted by Crippen LogP contribution is 2.19. The maximum absolute atomic E-state index is 4.24. The number of aryl methyl sites for hydroxylation is 1. The molecule has 0 amide bonds. The number of rotatable bonds is 2. The van der Waals surface area contributed by atoms with E-state index in [1.807, 2.05) is 41.9 Å². The minimum atomic E-state index is 0.913. The molecule has 0 fully saturated rings. The van der Waals surface area contributed by atoms with E-state index in [0.717, 1.165) is 16.7 Å². The van der Waals surface area contributed by atoms with Crippen LogP contribution < -0.4 is 0 Å². The quantitative estimate of drug-likeness (QED) is 0.692. The third-order valence-electron chi connectivity index (χ3n) is 3.21. The van der Waals surface area contributed by atoms with Crippen LogP contribution in [0.1, 0.15) is 18.1 Å². The molecular formula is C16H15N3. The molecule has 3 nitrogen and oxygen atoms in total. The first-order chi connectivity index (χ1) is 9.29. The first-order valence-corrected chi connectivity index (χ1v) is 6.34. The molecule has 0 radical (unpaired) electrons. The SMILES string of the molecule is C/C=C\c1cc(-n2nnc3ccccc32)ccc1C. The van der Waals surface area contributed by atoms with E-state index >= 15 is 0 Å². The number of hydrogen-bond acceptors (Lipinski definition) is 2. The average Bonchev–Trinajstić information content (AvgIpc) is 2.85. The molecule has 1 aromatic heterocycles. The number of nitrogens with zero attached hydrogens (tertiary/aromatic N) is 3. The molecule has 3 rings (SSSR count). The third kappa shape index (κ3) is 2.03. The fraction of sp³-hybridized carbons (Fsp3) is 0.125. The molecule has 0 aliphatic heterocycles. The molecule has 0 saturated heterocycles. The van der Waals surface area contributed by atoms with Crippen molar-refractivity contribution in [2.24, 2.45) is 0 Å². The fourth-order valence-corrected chi connectivity index (χ4v) is 2.18. The van der Waals surface area contributed by atoms with Crippen molar-refractivity contribution in [2.75, 3.05) is 0 Å². The monoisotopic (exact) mass is 249 g/mol. The lowest BCUT2D eigenvalue weighted by atomic mass is 10.1. The van der Waals surface area contributed by atoms with Crippen LogP contribution >= 0.6 is 0 Å². The molecule has 0 aliphatic rings. The highest BCUT2D eigenvalue weighted by Gasteiger charge is 2.06. The van der Waals surface area contributed by atoms with Crippen molar-refractivity contribution in [3.8, 4) is 5.69 Å². The number of hydrogen-bond donors (Lipinski definition) is 0. The third-order valence-corrected chi connectivity index (χ3v) is 3.21. The van der Waals surface area contributed by atoms with Gasteiger partial charge in [0.05, 0.1) is 11.2 Å². The van der Waals surface area contributed by atoms with Gasteiger partial charge in [-0.3, -0.25) is 0 Å². The van der Waals surface area contributed by atoms with E-state index in [0.29, 0.717) is 0 Å². The van der Waals surface area contributed by atoms with Crippen LogP contribution in [0.5, 0.6) is 0 Å². The Hall–Kier alpha value is -2.42. The highest BCUT2D eigenvalue weighted by atomic mass is 15.4. The van der Waals surface area contributed by atoms with Gasteiger partial charge in [0.15, 0.2) is 0 Å². The van der Waals surface area contributed by atoms with Gasteiger partial charge in [0.1, 0.15) is 5.52 Å². The Kier molecular flexibility index (Phi) is 2.88. The van der Waals surface area contributed by atoms with Crippen molar-refractivity contribution in [3.05, 3.63) is 59.7 Å². The predicted molar refractivity (Wildman–Crippen MR) is 78.3 cm³/mol. The lowest BCUT2D eigenvalue weighted by Gasteiger charge is -2.06. The maximum Gasteiger partial charge on any atom is 0.113 e. The van der Waals surface area contributed by atoms with E-state index in [1.165, 1.54) is 11.1 Å². The summed E-state index contributed by atoms with van der Waals surface area (Å²) in [5.41, 5.74) is 5.44. The summed E-state index contributed by atoms with van der Waals surface area (Å²) < 4.78 is 1.88. The lowest BCUT2D eigenvalue weighted by molar-refractivity contribution is 0.823. The molecule has 0 unspecified atom stereocenters. The summed E-state index contributed by atoms with van der Waals surface area (Å²) in [6.45, 7) is 4.13. The average molecular weight is 249 g/mol. The molecular weight excluding hydrogens is 234 g/mol. The normalized spacial score (nSPS) is 11.5. The van der Waals surface area contributed by atoms with E-state index in [1.54, 1.807) is 0 Å². The van der Waals surface area contributed by atoms with Crippen LogP contribution in [0.3, 0.4) is 0 Å². The summed E-state index contributed by atoms with van der Waals surface area (Å²) in [7, 11) is 0. The zero-order valence-electron chi connectivity index (χ0n) is 11.0. The second-order valence-electron chi connectivity index (χ2n) is 4.53. The number of allylic oxidation sites excluding steroid dienone is 1. The Labute approximate surface area is 112 Å². The molecule has 0 aliphatic carbocycles. The summed E-state index contributed by atoms with van der Waals surface area (Å²) in [5, 5.41) is 8.43. The Morgan fingerprint density at radius 1 is 1.11 bits per heavy atom. The van der Waals surface area contributed by atoms with Gasteiger partial charge in [0.25, 0.3) is 0 Å². The van der Waals surface area contributed by atoms with E-state index < -0.39 is 0 Å². The van der Waals surface area contributed by atoms with Gasteiger partial charge in [0.2, 0.25) is 0 Å². The zero-order valence-corrected chi connectivity index (χ0v) is 11.0. The van der Waals surface area contributed by atoms with E-state index in [-0.39, 0.29) is 0 Å². The molecule has 0 saturated carbocycles. The van der Waals surface area contributed by atoms with E-state index in [2.05, 4.69) is 41.5 Å². The van der Waals surface area contributed by atoms with E-state index in [4.69, 9.17) is 0 Å². The van der Waals surface area contributed by atoms with Gasteiger partial charge in [0, 0.05) is 0 Å². The Morgan fingerprint density at radius 3 is 2.79 bits per heavy atom. The Morgan fingerprint density at radius 2 is 1.95 bits per heavy atom. The first-order valence-electron chi connectivity index (χ1n) is 6.34. The number of fused-ring (bicyclic) bond motifs is 1. The molecule has 0 atom stereocenters.